The lowest BCUT2D eigenvalue weighted by Crippen LogP contribution is -2.20. The minimum atomic E-state index is -3.06. The Balaban J connectivity index is 2.30. The van der Waals surface area contributed by atoms with Crippen molar-refractivity contribution in [2.24, 2.45) is 0 Å². The molecule has 94 valence electrons. The Labute approximate surface area is 98.2 Å². The van der Waals surface area contributed by atoms with Crippen molar-refractivity contribution in [2.75, 3.05) is 5.32 Å². The lowest BCUT2D eigenvalue weighted by atomic mass is 10.1. The summed E-state index contributed by atoms with van der Waals surface area (Å²) in [6.07, 6.45) is 4.96. The maximum atomic E-state index is 13.5. The van der Waals surface area contributed by atoms with E-state index in [0.717, 1.165) is 38.8 Å². The van der Waals surface area contributed by atoms with Crippen LogP contribution < -0.4 is 5.32 Å². The molecule has 1 fully saturated rings. The van der Waals surface area contributed by atoms with E-state index < -0.39 is 11.9 Å². The minimum absolute atomic E-state index is 0.0785. The van der Waals surface area contributed by atoms with Gasteiger partial charge >= 0.3 is 0 Å². The van der Waals surface area contributed by atoms with E-state index in [1.165, 1.54) is 6.07 Å². The molecule has 17 heavy (non-hydrogen) atoms. The third-order valence-corrected chi connectivity index (χ3v) is 3.08. The molecule has 0 atom stereocenters. The molecule has 0 aliphatic heterocycles. The topological polar surface area (TPSA) is 24.9 Å². The molecule has 0 unspecified atom stereocenters. The predicted octanol–water partition coefficient (Wildman–Crippen LogP) is 3.69. The van der Waals surface area contributed by atoms with Crippen LogP contribution >= 0.6 is 0 Å². The first-order valence-corrected chi connectivity index (χ1v) is 5.78. The number of nitrogens with one attached hydrogen (secondary N) is 1. The van der Waals surface area contributed by atoms with Crippen LogP contribution in [0.5, 0.6) is 0 Å². The van der Waals surface area contributed by atoms with Gasteiger partial charge in [-0.1, -0.05) is 12.8 Å². The van der Waals surface area contributed by atoms with Gasteiger partial charge in [-0.25, -0.2) is 13.8 Å². The van der Waals surface area contributed by atoms with Gasteiger partial charge in [-0.15, -0.1) is 0 Å². The van der Waals surface area contributed by atoms with Crippen LogP contribution in [0.1, 0.15) is 38.2 Å². The van der Waals surface area contributed by atoms with Gasteiger partial charge in [0.15, 0.2) is 0 Å². The van der Waals surface area contributed by atoms with Crippen LogP contribution in [0.2, 0.25) is 0 Å². The molecule has 0 spiro atoms. The summed E-state index contributed by atoms with van der Waals surface area (Å²) in [7, 11) is 0. The van der Waals surface area contributed by atoms with Crippen LogP contribution in [-0.2, 0) is 5.92 Å². The first-order chi connectivity index (χ1) is 7.98. The number of hydrogen-bond donors (Lipinski definition) is 1. The summed E-state index contributed by atoms with van der Waals surface area (Å²) in [5.74, 6) is -3.92. The summed E-state index contributed by atoms with van der Waals surface area (Å²) in [5.41, 5.74) is -0.469. The molecule has 0 amide bonds. The summed E-state index contributed by atoms with van der Waals surface area (Å²) < 4.78 is 40.2. The number of hydrogen-bond acceptors (Lipinski definition) is 2. The van der Waals surface area contributed by atoms with Crippen LogP contribution in [0, 0.1) is 5.95 Å². The van der Waals surface area contributed by atoms with Crippen molar-refractivity contribution in [1.29, 1.82) is 0 Å². The number of aromatic nitrogens is 1. The number of anilines is 1. The smallest absolute Gasteiger partial charge is 0.272 e. The van der Waals surface area contributed by atoms with Crippen molar-refractivity contribution in [3.63, 3.8) is 0 Å². The van der Waals surface area contributed by atoms with Gasteiger partial charge in [0.05, 0.1) is 5.69 Å². The zero-order valence-corrected chi connectivity index (χ0v) is 9.64. The lowest BCUT2D eigenvalue weighted by Gasteiger charge is -2.20. The lowest BCUT2D eigenvalue weighted by molar-refractivity contribution is 0.0178. The number of alkyl halides is 2. The van der Waals surface area contributed by atoms with Crippen molar-refractivity contribution in [3.8, 4) is 0 Å². The molecule has 0 aromatic carbocycles. The second-order valence-electron chi connectivity index (χ2n) is 4.54. The zero-order valence-electron chi connectivity index (χ0n) is 9.64. The summed E-state index contributed by atoms with van der Waals surface area (Å²) in [5, 5.41) is 2.87. The SMILES string of the molecule is CC(F)(F)c1ccnc(F)c1NC1CCCC1. The van der Waals surface area contributed by atoms with Gasteiger partial charge in [0, 0.05) is 24.7 Å². The molecule has 1 N–H and O–H groups in total. The molecule has 1 aliphatic rings. The second kappa shape index (κ2) is 4.55. The highest BCUT2D eigenvalue weighted by Crippen LogP contribution is 2.35. The summed E-state index contributed by atoms with van der Waals surface area (Å²) >= 11 is 0. The largest absolute Gasteiger partial charge is 0.378 e. The maximum absolute atomic E-state index is 13.5. The molecule has 1 heterocycles. The highest BCUT2D eigenvalue weighted by atomic mass is 19.3. The van der Waals surface area contributed by atoms with Crippen LogP contribution in [0.15, 0.2) is 12.3 Å². The number of pyridine rings is 1. The highest BCUT2D eigenvalue weighted by Gasteiger charge is 2.31. The van der Waals surface area contributed by atoms with Crippen LogP contribution in [0.4, 0.5) is 18.9 Å². The Morgan fingerprint density at radius 1 is 1.35 bits per heavy atom. The average molecular weight is 244 g/mol. The van der Waals surface area contributed by atoms with E-state index >= 15 is 0 Å². The Hall–Kier alpha value is -1.26. The van der Waals surface area contributed by atoms with E-state index in [9.17, 15) is 13.2 Å². The fourth-order valence-electron chi connectivity index (χ4n) is 2.21. The van der Waals surface area contributed by atoms with E-state index in [-0.39, 0.29) is 17.3 Å². The van der Waals surface area contributed by atoms with E-state index in [1.54, 1.807) is 0 Å². The summed E-state index contributed by atoms with van der Waals surface area (Å²) in [6.45, 7) is 0.765. The third-order valence-electron chi connectivity index (χ3n) is 3.08. The average Bonchev–Trinajstić information content (AvgIpc) is 2.72. The van der Waals surface area contributed by atoms with Gasteiger partial charge in [-0.2, -0.15) is 4.39 Å². The van der Waals surface area contributed by atoms with Crippen molar-refractivity contribution in [1.82, 2.24) is 4.98 Å². The molecule has 1 aromatic heterocycles. The molecule has 1 saturated carbocycles. The molecule has 1 aliphatic carbocycles. The standard InChI is InChI=1S/C12H15F3N2/c1-12(14,15)9-6-7-16-11(13)10(9)17-8-4-2-3-5-8/h6-8,17H,2-5H2,1H3. The Kier molecular flexibility index (Phi) is 3.26. The highest BCUT2D eigenvalue weighted by molar-refractivity contribution is 5.52. The fourth-order valence-corrected chi connectivity index (χ4v) is 2.21. The van der Waals surface area contributed by atoms with Crippen molar-refractivity contribution in [2.45, 2.75) is 44.6 Å². The van der Waals surface area contributed by atoms with E-state index in [4.69, 9.17) is 0 Å². The maximum Gasteiger partial charge on any atom is 0.272 e. The van der Waals surface area contributed by atoms with E-state index in [0.29, 0.717) is 0 Å². The summed E-state index contributed by atoms with van der Waals surface area (Å²) in [4.78, 5) is 3.43. The molecule has 1 aromatic rings. The van der Waals surface area contributed by atoms with Gasteiger partial charge in [0.1, 0.15) is 0 Å². The Morgan fingerprint density at radius 3 is 2.59 bits per heavy atom. The number of halogens is 3. The molecule has 0 radical (unpaired) electrons. The van der Waals surface area contributed by atoms with Crippen molar-refractivity contribution in [3.05, 3.63) is 23.8 Å². The van der Waals surface area contributed by atoms with Gasteiger partial charge in [0.25, 0.3) is 5.92 Å². The second-order valence-corrected chi connectivity index (χ2v) is 4.54. The molecule has 2 nitrogen and oxygen atoms in total. The van der Waals surface area contributed by atoms with Gasteiger partial charge in [-0.3, -0.25) is 0 Å². The molecule has 5 heteroatoms. The zero-order chi connectivity index (χ0) is 12.5. The van der Waals surface area contributed by atoms with Crippen LogP contribution in [0.3, 0.4) is 0 Å². The van der Waals surface area contributed by atoms with Gasteiger partial charge in [-0.05, 0) is 18.9 Å². The number of rotatable bonds is 3. The quantitative estimate of drug-likeness (QED) is 0.820. The van der Waals surface area contributed by atoms with Gasteiger partial charge in [0.2, 0.25) is 5.95 Å². The number of nitrogens with zero attached hydrogens (tertiary/aromatic N) is 1. The molecule has 0 bridgehead atoms. The normalized spacial score (nSPS) is 17.4. The van der Waals surface area contributed by atoms with Crippen molar-refractivity contribution < 1.29 is 13.2 Å². The van der Waals surface area contributed by atoms with E-state index in [1.807, 2.05) is 0 Å². The fraction of sp³-hybridized carbons (Fsp3) is 0.583. The van der Waals surface area contributed by atoms with Gasteiger partial charge < -0.3 is 5.32 Å². The van der Waals surface area contributed by atoms with Crippen LogP contribution in [-0.4, -0.2) is 11.0 Å². The Bertz CT molecular complexity index is 395. The minimum Gasteiger partial charge on any atom is -0.378 e. The Morgan fingerprint density at radius 2 is 2.00 bits per heavy atom. The molecular weight excluding hydrogens is 229 g/mol. The third kappa shape index (κ3) is 2.70. The molecule has 2 rings (SSSR count). The predicted molar refractivity (Wildman–Crippen MR) is 59.6 cm³/mol. The molecular formula is C12H15F3N2. The monoisotopic (exact) mass is 244 g/mol. The first kappa shape index (κ1) is 12.2. The van der Waals surface area contributed by atoms with E-state index in [2.05, 4.69) is 10.3 Å². The van der Waals surface area contributed by atoms with Crippen molar-refractivity contribution >= 4 is 5.69 Å². The molecule has 0 saturated heterocycles. The summed E-state index contributed by atoms with van der Waals surface area (Å²) in [6, 6.07) is 1.25. The van der Waals surface area contributed by atoms with Crippen LogP contribution in [0.25, 0.3) is 0 Å². The first-order valence-electron chi connectivity index (χ1n) is 5.78.